The Balaban J connectivity index is 1.86. The monoisotopic (exact) mass is 359 g/mol. The van der Waals surface area contributed by atoms with E-state index in [4.69, 9.17) is 5.73 Å². The minimum atomic E-state index is -1.28. The number of carboxylic acid groups (broad SMARTS) is 1. The number of benzene rings is 1. The van der Waals surface area contributed by atoms with Crippen molar-refractivity contribution in [2.75, 3.05) is 18.0 Å². The van der Waals surface area contributed by atoms with Crippen LogP contribution in [0.25, 0.3) is 10.9 Å². The van der Waals surface area contributed by atoms with Crippen molar-refractivity contribution in [3.8, 4) is 0 Å². The van der Waals surface area contributed by atoms with Crippen LogP contribution in [-0.4, -0.2) is 34.8 Å². The summed E-state index contributed by atoms with van der Waals surface area (Å²) in [5.41, 5.74) is 6.09. The van der Waals surface area contributed by atoms with Gasteiger partial charge in [0.25, 0.3) is 0 Å². The molecule has 1 aliphatic heterocycles. The third-order valence-corrected chi connectivity index (χ3v) is 5.58. The lowest BCUT2D eigenvalue weighted by Crippen LogP contribution is -2.30. The fourth-order valence-corrected chi connectivity index (χ4v) is 3.84. The predicted molar refractivity (Wildman–Crippen MR) is 97.4 cm³/mol. The smallest absolute Gasteiger partial charge is 0.341 e. The Kier molecular flexibility index (Phi) is 3.99. The van der Waals surface area contributed by atoms with Crippen LogP contribution in [0.2, 0.25) is 0 Å². The average molecular weight is 359 g/mol. The highest BCUT2D eigenvalue weighted by atomic mass is 19.1. The van der Waals surface area contributed by atoms with Gasteiger partial charge >= 0.3 is 5.97 Å². The third kappa shape index (κ3) is 2.76. The topological polar surface area (TPSA) is 88.6 Å². The second-order valence-corrected chi connectivity index (χ2v) is 7.49. The number of carboxylic acids is 1. The summed E-state index contributed by atoms with van der Waals surface area (Å²) in [6, 6.07) is 3.10. The van der Waals surface area contributed by atoms with Crippen LogP contribution in [0.15, 0.2) is 23.1 Å². The maximum atomic E-state index is 14.8. The first-order valence-corrected chi connectivity index (χ1v) is 8.99. The Morgan fingerprint density at radius 2 is 2.08 bits per heavy atom. The Bertz CT molecular complexity index is 949. The molecule has 0 amide bonds. The van der Waals surface area contributed by atoms with E-state index in [-0.39, 0.29) is 23.0 Å². The van der Waals surface area contributed by atoms with E-state index in [1.165, 1.54) is 12.3 Å². The molecule has 3 N–H and O–H groups in total. The van der Waals surface area contributed by atoms with Gasteiger partial charge < -0.3 is 20.3 Å². The van der Waals surface area contributed by atoms with Gasteiger partial charge in [-0.2, -0.15) is 0 Å². The minimum Gasteiger partial charge on any atom is -0.477 e. The van der Waals surface area contributed by atoms with Crippen molar-refractivity contribution in [3.05, 3.63) is 39.9 Å². The number of anilines is 1. The normalized spacial score (nSPS) is 21.3. The lowest BCUT2D eigenvalue weighted by atomic mass is 10.0. The van der Waals surface area contributed by atoms with Gasteiger partial charge in [-0.25, -0.2) is 9.18 Å². The van der Waals surface area contributed by atoms with Crippen LogP contribution >= 0.6 is 0 Å². The number of hydrogen-bond donors (Lipinski definition) is 2. The molecule has 4 rings (SSSR count). The Hall–Kier alpha value is -2.41. The molecule has 0 bridgehead atoms. The number of nitrogens with two attached hydrogens (primary N) is 1. The summed E-state index contributed by atoms with van der Waals surface area (Å²) in [6.45, 7) is 3.36. The van der Waals surface area contributed by atoms with Crippen molar-refractivity contribution >= 4 is 22.6 Å². The molecule has 2 atom stereocenters. The van der Waals surface area contributed by atoms with Crippen LogP contribution in [0.5, 0.6) is 0 Å². The van der Waals surface area contributed by atoms with Crippen molar-refractivity contribution in [2.24, 2.45) is 11.7 Å². The van der Waals surface area contributed by atoms with Crippen LogP contribution in [-0.2, 0) is 0 Å². The van der Waals surface area contributed by atoms with E-state index in [0.717, 1.165) is 25.8 Å². The van der Waals surface area contributed by atoms with E-state index in [1.54, 1.807) is 6.07 Å². The number of rotatable bonds is 4. The van der Waals surface area contributed by atoms with Crippen LogP contribution < -0.4 is 16.1 Å². The first kappa shape index (κ1) is 17.0. The molecule has 2 heterocycles. The maximum absolute atomic E-state index is 14.8. The average Bonchev–Trinajstić information content (AvgIpc) is 3.30. The van der Waals surface area contributed by atoms with Crippen LogP contribution in [0.4, 0.5) is 10.1 Å². The van der Waals surface area contributed by atoms with Crippen LogP contribution in [0.3, 0.4) is 0 Å². The Morgan fingerprint density at radius 3 is 2.65 bits per heavy atom. The maximum Gasteiger partial charge on any atom is 0.341 e. The first-order valence-electron chi connectivity index (χ1n) is 8.99. The fourth-order valence-electron chi connectivity index (χ4n) is 3.84. The molecular formula is C19H22FN3O3. The van der Waals surface area contributed by atoms with Gasteiger partial charge in [-0.1, -0.05) is 0 Å². The number of fused-ring (bicyclic) bond motifs is 1. The van der Waals surface area contributed by atoms with E-state index in [2.05, 4.69) is 0 Å². The number of aromatic carboxylic acids is 1. The van der Waals surface area contributed by atoms with Crippen LogP contribution in [0.1, 0.15) is 42.6 Å². The summed E-state index contributed by atoms with van der Waals surface area (Å²) in [4.78, 5) is 25.9. The number of pyridine rings is 1. The highest BCUT2D eigenvalue weighted by Crippen LogP contribution is 2.38. The summed E-state index contributed by atoms with van der Waals surface area (Å²) < 4.78 is 16.6. The highest BCUT2D eigenvalue weighted by molar-refractivity contribution is 5.93. The fraction of sp³-hybridized carbons (Fsp3) is 0.474. The Labute approximate surface area is 150 Å². The van der Waals surface area contributed by atoms with E-state index >= 15 is 0 Å². The lowest BCUT2D eigenvalue weighted by Gasteiger charge is -2.22. The number of hydrogen-bond acceptors (Lipinski definition) is 4. The van der Waals surface area contributed by atoms with Gasteiger partial charge in [-0.3, -0.25) is 4.79 Å². The SMILES string of the molecule is CC(N)[C@H]1CCN(c2cc3c(cc2F)c(=O)c(C(=O)O)cn3C2CC2)C1. The number of nitrogens with zero attached hydrogens (tertiary/aromatic N) is 2. The summed E-state index contributed by atoms with van der Waals surface area (Å²) in [5, 5.41) is 9.43. The zero-order chi connectivity index (χ0) is 18.6. The standard InChI is InChI=1S/C19H22FN3O3/c1-10(21)11-4-5-22(8-11)17-7-16-13(6-15(17)20)18(24)14(19(25)26)9-23(16)12-2-3-12/h6-7,9-12H,2-5,8,21H2,1H3,(H,25,26)/t10?,11-/m0/s1. The molecule has 7 heteroatoms. The third-order valence-electron chi connectivity index (χ3n) is 5.58. The van der Waals surface area contributed by atoms with Crippen molar-refractivity contribution in [1.82, 2.24) is 4.57 Å². The zero-order valence-electron chi connectivity index (χ0n) is 14.6. The molecule has 6 nitrogen and oxygen atoms in total. The van der Waals surface area contributed by atoms with Crippen molar-refractivity contribution < 1.29 is 14.3 Å². The highest BCUT2D eigenvalue weighted by Gasteiger charge is 2.30. The molecular weight excluding hydrogens is 337 g/mol. The molecule has 26 heavy (non-hydrogen) atoms. The quantitative estimate of drug-likeness (QED) is 0.875. The summed E-state index contributed by atoms with van der Waals surface area (Å²) in [5.74, 6) is -1.47. The van der Waals surface area contributed by atoms with Gasteiger partial charge in [0, 0.05) is 36.8 Å². The van der Waals surface area contributed by atoms with Gasteiger partial charge in [0.2, 0.25) is 5.43 Å². The van der Waals surface area contributed by atoms with Crippen molar-refractivity contribution in [3.63, 3.8) is 0 Å². The van der Waals surface area contributed by atoms with E-state index in [9.17, 15) is 19.1 Å². The summed E-state index contributed by atoms with van der Waals surface area (Å²) in [7, 11) is 0. The second kappa shape index (κ2) is 6.09. The second-order valence-electron chi connectivity index (χ2n) is 7.49. The number of aromatic nitrogens is 1. The van der Waals surface area contributed by atoms with Gasteiger partial charge in [-0.05, 0) is 44.2 Å². The first-order chi connectivity index (χ1) is 12.4. The summed E-state index contributed by atoms with van der Waals surface area (Å²) in [6.07, 6.45) is 4.17. The minimum absolute atomic E-state index is 0.0475. The van der Waals surface area contributed by atoms with E-state index in [1.807, 2.05) is 16.4 Å². The van der Waals surface area contributed by atoms with Crippen LogP contribution in [0, 0.1) is 11.7 Å². The van der Waals surface area contributed by atoms with Gasteiger partial charge in [0.05, 0.1) is 11.2 Å². The molecule has 0 radical (unpaired) electrons. The van der Waals surface area contributed by atoms with E-state index in [0.29, 0.717) is 23.7 Å². The van der Waals surface area contributed by atoms with Crippen molar-refractivity contribution in [1.29, 1.82) is 0 Å². The Morgan fingerprint density at radius 1 is 1.35 bits per heavy atom. The predicted octanol–water partition coefficient (Wildman–Crippen LogP) is 2.35. The molecule has 2 aliphatic rings. The molecule has 1 aromatic heterocycles. The zero-order valence-corrected chi connectivity index (χ0v) is 14.6. The molecule has 1 saturated carbocycles. The molecule has 1 unspecified atom stereocenters. The molecule has 2 fully saturated rings. The molecule has 1 aromatic carbocycles. The molecule has 1 saturated heterocycles. The van der Waals surface area contributed by atoms with E-state index < -0.39 is 17.2 Å². The van der Waals surface area contributed by atoms with Gasteiger partial charge in [0.1, 0.15) is 11.4 Å². The lowest BCUT2D eigenvalue weighted by molar-refractivity contribution is 0.0695. The molecule has 138 valence electrons. The van der Waals surface area contributed by atoms with Gasteiger partial charge in [-0.15, -0.1) is 0 Å². The van der Waals surface area contributed by atoms with Gasteiger partial charge in [0.15, 0.2) is 0 Å². The molecule has 1 aliphatic carbocycles. The number of carbonyl (C=O) groups is 1. The largest absolute Gasteiger partial charge is 0.477 e. The molecule has 2 aromatic rings. The molecule has 0 spiro atoms. The number of halogens is 1. The van der Waals surface area contributed by atoms with Crippen molar-refractivity contribution in [2.45, 2.75) is 38.3 Å². The summed E-state index contributed by atoms with van der Waals surface area (Å²) >= 11 is 0.